The lowest BCUT2D eigenvalue weighted by Gasteiger charge is -2.07. The van der Waals surface area contributed by atoms with Crippen molar-refractivity contribution in [3.05, 3.63) is 17.5 Å². The lowest BCUT2D eigenvalue weighted by Crippen LogP contribution is -2.17. The zero-order valence-electron chi connectivity index (χ0n) is 12.2. The Balaban J connectivity index is 2.22. The maximum atomic E-state index is 5.44. The Morgan fingerprint density at radius 1 is 1.39 bits per heavy atom. The molecule has 1 heterocycles. The predicted octanol–water partition coefficient (Wildman–Crippen LogP) is 2.45. The van der Waals surface area contributed by atoms with E-state index in [2.05, 4.69) is 37.4 Å². The molecule has 18 heavy (non-hydrogen) atoms. The Morgan fingerprint density at radius 3 is 2.83 bits per heavy atom. The first-order chi connectivity index (χ1) is 8.65. The smallest absolute Gasteiger partial charge is 0.0694 e. The van der Waals surface area contributed by atoms with Gasteiger partial charge in [-0.05, 0) is 25.3 Å². The van der Waals surface area contributed by atoms with Gasteiger partial charge < -0.3 is 10.1 Å². The SMILES string of the molecule is CCCOCCCNCc1cn(C)nc1C(C)C. The van der Waals surface area contributed by atoms with E-state index in [-0.39, 0.29) is 0 Å². The number of aromatic nitrogens is 2. The zero-order valence-corrected chi connectivity index (χ0v) is 12.2. The molecule has 0 saturated heterocycles. The van der Waals surface area contributed by atoms with Gasteiger partial charge in [0, 0.05) is 38.6 Å². The highest BCUT2D eigenvalue weighted by Gasteiger charge is 2.10. The minimum Gasteiger partial charge on any atom is -0.381 e. The minimum atomic E-state index is 0.482. The third-order valence-electron chi connectivity index (χ3n) is 2.79. The Hall–Kier alpha value is -0.870. The standard InChI is InChI=1S/C14H27N3O/c1-5-8-18-9-6-7-15-10-13-11-17(4)16-14(13)12(2)3/h11-12,15H,5-10H2,1-4H3. The molecule has 104 valence electrons. The van der Waals surface area contributed by atoms with Crippen molar-refractivity contribution in [1.29, 1.82) is 0 Å². The Morgan fingerprint density at radius 2 is 2.17 bits per heavy atom. The summed E-state index contributed by atoms with van der Waals surface area (Å²) in [6.07, 6.45) is 4.27. The molecule has 0 atom stereocenters. The van der Waals surface area contributed by atoms with Crippen LogP contribution in [0.25, 0.3) is 0 Å². The van der Waals surface area contributed by atoms with E-state index >= 15 is 0 Å². The second-order valence-corrected chi connectivity index (χ2v) is 5.01. The Bertz CT molecular complexity index is 334. The second-order valence-electron chi connectivity index (χ2n) is 5.01. The van der Waals surface area contributed by atoms with Crippen LogP contribution in [0.1, 0.15) is 50.8 Å². The predicted molar refractivity (Wildman–Crippen MR) is 74.7 cm³/mol. The van der Waals surface area contributed by atoms with Crippen LogP contribution in [0.4, 0.5) is 0 Å². The van der Waals surface area contributed by atoms with Gasteiger partial charge in [-0.1, -0.05) is 20.8 Å². The highest BCUT2D eigenvalue weighted by Crippen LogP contribution is 2.16. The molecule has 0 spiro atoms. The summed E-state index contributed by atoms with van der Waals surface area (Å²) < 4.78 is 7.34. The molecule has 0 unspecified atom stereocenters. The molecule has 0 saturated carbocycles. The first kappa shape index (κ1) is 15.2. The topological polar surface area (TPSA) is 39.1 Å². The van der Waals surface area contributed by atoms with Crippen molar-refractivity contribution in [2.24, 2.45) is 7.05 Å². The first-order valence-electron chi connectivity index (χ1n) is 6.96. The molecule has 0 bridgehead atoms. The van der Waals surface area contributed by atoms with Crippen LogP contribution in [0.2, 0.25) is 0 Å². The summed E-state index contributed by atoms with van der Waals surface area (Å²) in [5, 5.41) is 7.96. The molecule has 1 aromatic rings. The summed E-state index contributed by atoms with van der Waals surface area (Å²) in [5.41, 5.74) is 2.51. The van der Waals surface area contributed by atoms with Gasteiger partial charge in [-0.25, -0.2) is 0 Å². The number of nitrogens with one attached hydrogen (secondary N) is 1. The summed E-state index contributed by atoms with van der Waals surface area (Å²) in [5.74, 6) is 0.482. The van der Waals surface area contributed by atoms with Crippen molar-refractivity contribution >= 4 is 0 Å². The number of nitrogens with zero attached hydrogens (tertiary/aromatic N) is 2. The first-order valence-corrected chi connectivity index (χ1v) is 6.96. The van der Waals surface area contributed by atoms with Gasteiger partial charge in [0.05, 0.1) is 5.69 Å². The van der Waals surface area contributed by atoms with Crippen LogP contribution in [0.15, 0.2) is 6.20 Å². The van der Waals surface area contributed by atoms with Crippen molar-refractivity contribution in [2.75, 3.05) is 19.8 Å². The average molecular weight is 253 g/mol. The number of aryl methyl sites for hydroxylation is 1. The van der Waals surface area contributed by atoms with Crippen LogP contribution in [-0.2, 0) is 18.3 Å². The molecule has 0 amide bonds. The molecule has 1 aromatic heterocycles. The van der Waals surface area contributed by atoms with Crippen LogP contribution in [-0.4, -0.2) is 29.5 Å². The van der Waals surface area contributed by atoms with Crippen LogP contribution in [0.3, 0.4) is 0 Å². The number of hydrogen-bond donors (Lipinski definition) is 1. The van der Waals surface area contributed by atoms with Crippen molar-refractivity contribution in [2.45, 2.75) is 46.1 Å². The maximum Gasteiger partial charge on any atom is 0.0694 e. The fourth-order valence-corrected chi connectivity index (χ4v) is 1.95. The molecular formula is C14H27N3O. The molecule has 0 radical (unpaired) electrons. The molecule has 0 fully saturated rings. The molecule has 1 N–H and O–H groups in total. The summed E-state index contributed by atoms with van der Waals surface area (Å²) in [7, 11) is 1.98. The van der Waals surface area contributed by atoms with Gasteiger partial charge in [0.15, 0.2) is 0 Å². The van der Waals surface area contributed by atoms with Gasteiger partial charge in [0.25, 0.3) is 0 Å². The monoisotopic (exact) mass is 253 g/mol. The third kappa shape index (κ3) is 5.19. The van der Waals surface area contributed by atoms with Crippen LogP contribution < -0.4 is 5.32 Å². The molecule has 0 aliphatic rings. The van der Waals surface area contributed by atoms with E-state index in [1.54, 1.807) is 0 Å². The molecule has 0 aromatic carbocycles. The molecule has 4 nitrogen and oxygen atoms in total. The molecule has 4 heteroatoms. The van der Waals surface area contributed by atoms with Gasteiger partial charge in [-0.2, -0.15) is 5.10 Å². The molecule has 0 aliphatic heterocycles. The van der Waals surface area contributed by atoms with E-state index in [1.807, 2.05) is 11.7 Å². The van der Waals surface area contributed by atoms with Gasteiger partial charge in [-0.15, -0.1) is 0 Å². The van der Waals surface area contributed by atoms with Crippen LogP contribution >= 0.6 is 0 Å². The van der Waals surface area contributed by atoms with E-state index in [4.69, 9.17) is 4.74 Å². The zero-order chi connectivity index (χ0) is 13.4. The number of hydrogen-bond acceptors (Lipinski definition) is 3. The molecule has 1 rings (SSSR count). The quantitative estimate of drug-likeness (QED) is 0.687. The van der Waals surface area contributed by atoms with Gasteiger partial charge >= 0.3 is 0 Å². The van der Waals surface area contributed by atoms with E-state index in [9.17, 15) is 0 Å². The summed E-state index contributed by atoms with van der Waals surface area (Å²) in [4.78, 5) is 0. The van der Waals surface area contributed by atoms with Crippen LogP contribution in [0, 0.1) is 0 Å². The maximum absolute atomic E-state index is 5.44. The van der Waals surface area contributed by atoms with Gasteiger partial charge in [0.2, 0.25) is 0 Å². The van der Waals surface area contributed by atoms with Gasteiger partial charge in [0.1, 0.15) is 0 Å². The van der Waals surface area contributed by atoms with E-state index in [1.165, 1.54) is 11.3 Å². The minimum absolute atomic E-state index is 0.482. The van der Waals surface area contributed by atoms with Gasteiger partial charge in [-0.3, -0.25) is 4.68 Å². The summed E-state index contributed by atoms with van der Waals surface area (Å²) in [6, 6.07) is 0. The molecular weight excluding hydrogens is 226 g/mol. The van der Waals surface area contributed by atoms with E-state index < -0.39 is 0 Å². The lowest BCUT2D eigenvalue weighted by atomic mass is 10.1. The highest BCUT2D eigenvalue weighted by molar-refractivity contribution is 5.19. The Kier molecular flexibility index (Phi) is 6.98. The third-order valence-corrected chi connectivity index (χ3v) is 2.79. The number of rotatable bonds is 9. The van der Waals surface area contributed by atoms with E-state index in [0.29, 0.717) is 5.92 Å². The largest absolute Gasteiger partial charge is 0.381 e. The fraction of sp³-hybridized carbons (Fsp3) is 0.786. The summed E-state index contributed by atoms with van der Waals surface area (Å²) in [6.45, 7) is 10.1. The van der Waals surface area contributed by atoms with Crippen molar-refractivity contribution in [3.63, 3.8) is 0 Å². The Labute approximate surface area is 111 Å². The lowest BCUT2D eigenvalue weighted by molar-refractivity contribution is 0.132. The normalized spacial score (nSPS) is 11.4. The highest BCUT2D eigenvalue weighted by atomic mass is 16.5. The molecule has 0 aliphatic carbocycles. The van der Waals surface area contributed by atoms with Crippen molar-refractivity contribution < 1.29 is 4.74 Å². The van der Waals surface area contributed by atoms with Crippen molar-refractivity contribution in [1.82, 2.24) is 15.1 Å². The second kappa shape index (κ2) is 8.27. The van der Waals surface area contributed by atoms with E-state index in [0.717, 1.165) is 39.1 Å². The van der Waals surface area contributed by atoms with Crippen LogP contribution in [0.5, 0.6) is 0 Å². The number of ether oxygens (including phenoxy) is 1. The summed E-state index contributed by atoms with van der Waals surface area (Å²) >= 11 is 0. The average Bonchev–Trinajstić information content (AvgIpc) is 2.69. The fourth-order valence-electron chi connectivity index (χ4n) is 1.95. The van der Waals surface area contributed by atoms with Crippen molar-refractivity contribution in [3.8, 4) is 0 Å².